The second-order valence-corrected chi connectivity index (χ2v) is 7.20. The van der Waals surface area contributed by atoms with Crippen LogP contribution in [0.3, 0.4) is 0 Å². The normalized spacial score (nSPS) is 18.4. The Kier molecular flexibility index (Phi) is 4.99. The summed E-state index contributed by atoms with van der Waals surface area (Å²) in [6.07, 6.45) is 2.95. The summed E-state index contributed by atoms with van der Waals surface area (Å²) in [5.41, 5.74) is 2.38. The number of halogens is 3. The first-order valence-electron chi connectivity index (χ1n) is 9.33. The third-order valence-corrected chi connectivity index (χ3v) is 5.16. The van der Waals surface area contributed by atoms with Crippen molar-refractivity contribution in [3.63, 3.8) is 0 Å². The first kappa shape index (κ1) is 18.2. The Morgan fingerprint density at radius 2 is 1.78 bits per heavy atom. The lowest BCUT2D eigenvalue weighted by Crippen LogP contribution is -2.32. The molecule has 0 N–H and O–H groups in total. The van der Waals surface area contributed by atoms with Crippen molar-refractivity contribution in [3.05, 3.63) is 47.2 Å². The predicted octanol–water partition coefficient (Wildman–Crippen LogP) is 3.44. The summed E-state index contributed by atoms with van der Waals surface area (Å²) < 4.78 is 38.2. The van der Waals surface area contributed by atoms with Crippen LogP contribution in [0.15, 0.2) is 24.5 Å². The molecule has 2 aromatic heterocycles. The maximum atomic E-state index is 12.7. The topological polar surface area (TPSA) is 45.2 Å². The van der Waals surface area contributed by atoms with Gasteiger partial charge in [-0.05, 0) is 30.9 Å². The van der Waals surface area contributed by atoms with Crippen molar-refractivity contribution < 1.29 is 13.2 Å². The SMILES string of the molecule is FC(F)(F)c1ncc2c(n1)CCN(Cc1ccc(N3CCCCC3)nc1)C2. The molecule has 2 aromatic rings. The van der Waals surface area contributed by atoms with Crippen molar-refractivity contribution in [1.29, 1.82) is 0 Å². The molecule has 0 aromatic carbocycles. The van der Waals surface area contributed by atoms with E-state index in [0.717, 1.165) is 30.0 Å². The Labute approximate surface area is 156 Å². The highest BCUT2D eigenvalue weighted by Gasteiger charge is 2.35. The Morgan fingerprint density at radius 1 is 0.963 bits per heavy atom. The summed E-state index contributed by atoms with van der Waals surface area (Å²) >= 11 is 0. The zero-order valence-corrected chi connectivity index (χ0v) is 15.0. The Hall–Kier alpha value is -2.22. The fraction of sp³-hybridized carbons (Fsp3) is 0.526. The van der Waals surface area contributed by atoms with E-state index in [1.807, 2.05) is 6.20 Å². The summed E-state index contributed by atoms with van der Waals surface area (Å²) in [6, 6.07) is 4.16. The van der Waals surface area contributed by atoms with Gasteiger partial charge in [-0.1, -0.05) is 6.07 Å². The van der Waals surface area contributed by atoms with Gasteiger partial charge < -0.3 is 4.90 Å². The number of rotatable bonds is 3. The van der Waals surface area contributed by atoms with E-state index in [1.165, 1.54) is 25.5 Å². The van der Waals surface area contributed by atoms with Crippen LogP contribution in [0, 0.1) is 0 Å². The van der Waals surface area contributed by atoms with Crippen molar-refractivity contribution in [2.75, 3.05) is 24.5 Å². The molecule has 4 heterocycles. The van der Waals surface area contributed by atoms with Gasteiger partial charge >= 0.3 is 6.18 Å². The van der Waals surface area contributed by atoms with Gasteiger partial charge in [-0.15, -0.1) is 0 Å². The molecule has 0 unspecified atom stereocenters. The largest absolute Gasteiger partial charge is 0.451 e. The molecule has 2 aliphatic heterocycles. The number of nitrogens with zero attached hydrogens (tertiary/aromatic N) is 5. The quantitative estimate of drug-likeness (QED) is 0.820. The van der Waals surface area contributed by atoms with E-state index in [0.29, 0.717) is 31.7 Å². The van der Waals surface area contributed by atoms with Gasteiger partial charge in [-0.2, -0.15) is 13.2 Å². The van der Waals surface area contributed by atoms with E-state index in [-0.39, 0.29) is 0 Å². The van der Waals surface area contributed by atoms with Crippen LogP contribution in [0.5, 0.6) is 0 Å². The van der Waals surface area contributed by atoms with E-state index in [9.17, 15) is 13.2 Å². The molecule has 0 aliphatic carbocycles. The van der Waals surface area contributed by atoms with Crippen molar-refractivity contribution in [2.24, 2.45) is 0 Å². The minimum atomic E-state index is -4.49. The molecule has 1 fully saturated rings. The van der Waals surface area contributed by atoms with Crippen molar-refractivity contribution >= 4 is 5.82 Å². The number of fused-ring (bicyclic) bond motifs is 1. The molecule has 0 spiro atoms. The van der Waals surface area contributed by atoms with E-state index < -0.39 is 12.0 Å². The smallest absolute Gasteiger partial charge is 0.357 e. The van der Waals surface area contributed by atoms with Gasteiger partial charge in [0.1, 0.15) is 5.82 Å². The van der Waals surface area contributed by atoms with Crippen LogP contribution in [0.1, 0.15) is 41.9 Å². The van der Waals surface area contributed by atoms with Crippen LogP contribution in [-0.2, 0) is 25.7 Å². The molecule has 1 saturated heterocycles. The number of alkyl halides is 3. The highest BCUT2D eigenvalue weighted by atomic mass is 19.4. The first-order valence-corrected chi connectivity index (χ1v) is 9.33. The molecule has 4 rings (SSSR count). The third-order valence-electron chi connectivity index (χ3n) is 5.16. The van der Waals surface area contributed by atoms with Gasteiger partial charge in [-0.3, -0.25) is 4.90 Å². The average Bonchev–Trinajstić information content (AvgIpc) is 2.68. The zero-order chi connectivity index (χ0) is 18.9. The highest BCUT2D eigenvalue weighted by molar-refractivity contribution is 5.39. The number of hydrogen-bond donors (Lipinski definition) is 0. The van der Waals surface area contributed by atoms with Crippen LogP contribution < -0.4 is 4.90 Å². The van der Waals surface area contributed by atoms with Crippen molar-refractivity contribution in [1.82, 2.24) is 19.9 Å². The van der Waals surface area contributed by atoms with Crippen LogP contribution in [0.4, 0.5) is 19.0 Å². The standard InChI is InChI=1S/C19H22F3N5/c20-19(21,22)18-24-11-15-13-26(9-6-16(15)25-18)12-14-4-5-17(23-10-14)27-7-2-1-3-8-27/h4-5,10-11H,1-3,6-9,12-13H2. The Balaban J connectivity index is 1.39. The predicted molar refractivity (Wildman–Crippen MR) is 95.2 cm³/mol. The van der Waals surface area contributed by atoms with Gasteiger partial charge in [-0.25, -0.2) is 15.0 Å². The number of aromatic nitrogens is 3. The maximum absolute atomic E-state index is 12.7. The van der Waals surface area contributed by atoms with Crippen LogP contribution in [0.25, 0.3) is 0 Å². The highest BCUT2D eigenvalue weighted by Crippen LogP contribution is 2.28. The van der Waals surface area contributed by atoms with Gasteiger partial charge in [0.25, 0.3) is 0 Å². The lowest BCUT2D eigenvalue weighted by Gasteiger charge is -2.29. The first-order chi connectivity index (χ1) is 13.0. The fourth-order valence-electron chi connectivity index (χ4n) is 3.72. The number of pyridine rings is 1. The molecule has 144 valence electrons. The lowest BCUT2D eigenvalue weighted by molar-refractivity contribution is -0.145. The molecular formula is C19H22F3N5. The molecular weight excluding hydrogens is 355 g/mol. The fourth-order valence-corrected chi connectivity index (χ4v) is 3.72. The van der Waals surface area contributed by atoms with E-state index in [4.69, 9.17) is 0 Å². The lowest BCUT2D eigenvalue weighted by atomic mass is 10.1. The molecule has 2 aliphatic rings. The number of piperidine rings is 1. The van der Waals surface area contributed by atoms with Gasteiger partial charge in [0, 0.05) is 57.1 Å². The van der Waals surface area contributed by atoms with Gasteiger partial charge in [0.2, 0.25) is 5.82 Å². The van der Waals surface area contributed by atoms with E-state index in [1.54, 1.807) is 0 Å². The molecule has 27 heavy (non-hydrogen) atoms. The van der Waals surface area contributed by atoms with E-state index in [2.05, 4.69) is 36.9 Å². The number of hydrogen-bond acceptors (Lipinski definition) is 5. The van der Waals surface area contributed by atoms with Crippen LogP contribution in [0.2, 0.25) is 0 Å². The number of anilines is 1. The van der Waals surface area contributed by atoms with Crippen LogP contribution >= 0.6 is 0 Å². The second kappa shape index (κ2) is 7.42. The van der Waals surface area contributed by atoms with E-state index >= 15 is 0 Å². The summed E-state index contributed by atoms with van der Waals surface area (Å²) in [7, 11) is 0. The molecule has 0 amide bonds. The van der Waals surface area contributed by atoms with Gasteiger partial charge in [0.05, 0.1) is 5.69 Å². The average molecular weight is 377 g/mol. The summed E-state index contributed by atoms with van der Waals surface area (Å²) in [5.74, 6) is -0.0253. The van der Waals surface area contributed by atoms with Crippen molar-refractivity contribution in [3.8, 4) is 0 Å². The van der Waals surface area contributed by atoms with Gasteiger partial charge in [0.15, 0.2) is 0 Å². The summed E-state index contributed by atoms with van der Waals surface area (Å²) in [5, 5.41) is 0. The molecule has 0 bridgehead atoms. The monoisotopic (exact) mass is 377 g/mol. The Bertz CT molecular complexity index is 785. The molecule has 0 atom stereocenters. The summed E-state index contributed by atoms with van der Waals surface area (Å²) in [4.78, 5) is 16.3. The minimum Gasteiger partial charge on any atom is -0.357 e. The second-order valence-electron chi connectivity index (χ2n) is 7.20. The Morgan fingerprint density at radius 3 is 2.48 bits per heavy atom. The minimum absolute atomic E-state index is 0.500. The van der Waals surface area contributed by atoms with Crippen LogP contribution in [-0.4, -0.2) is 39.5 Å². The molecule has 0 saturated carbocycles. The maximum Gasteiger partial charge on any atom is 0.451 e. The van der Waals surface area contributed by atoms with Crippen molar-refractivity contribution in [2.45, 2.75) is 44.9 Å². The molecule has 5 nitrogen and oxygen atoms in total. The molecule has 8 heteroatoms. The third kappa shape index (κ3) is 4.21. The zero-order valence-electron chi connectivity index (χ0n) is 15.0. The summed E-state index contributed by atoms with van der Waals surface area (Å²) in [6.45, 7) is 4.08. The molecule has 0 radical (unpaired) electrons.